The minimum absolute atomic E-state index is 1.14. The first-order chi connectivity index (χ1) is 29.2. The number of para-hydroxylation sites is 1. The van der Waals surface area contributed by atoms with Crippen LogP contribution in [0.4, 0.5) is 17.1 Å². The van der Waals surface area contributed by atoms with Crippen molar-refractivity contribution in [2.75, 3.05) is 4.90 Å². The summed E-state index contributed by atoms with van der Waals surface area (Å²) < 4.78 is 0. The molecular weight excluding hydrogens is 711 g/mol. The van der Waals surface area contributed by atoms with Crippen molar-refractivity contribution in [1.29, 1.82) is 0 Å². The Kier molecular flexibility index (Phi) is 6.79. The van der Waals surface area contributed by atoms with Gasteiger partial charge in [-0.1, -0.05) is 115 Å². The Morgan fingerprint density at radius 3 is 0.864 bits per heavy atom. The molecule has 0 spiro atoms. The fraction of sp³-hybridized carbons (Fsp3) is 0. The zero-order valence-electron chi connectivity index (χ0n) is 32.2. The van der Waals surface area contributed by atoms with Gasteiger partial charge in [0.15, 0.2) is 0 Å². The fourth-order valence-corrected chi connectivity index (χ4v) is 9.75. The van der Waals surface area contributed by atoms with Crippen molar-refractivity contribution in [2.45, 2.75) is 0 Å². The maximum Gasteiger partial charge on any atom is 0.0468 e. The SMILES string of the molecule is c1ccc(-c2ccc3cc4c(cc3c2)-c2cc3cc(N(c5ccccc5)c5ccc6cc7c(cc6c5)-c5cc6cc(-c8ccccc8)ccc6cc5-7)ccc3cc2-4)cc1. The summed E-state index contributed by atoms with van der Waals surface area (Å²) in [5.41, 5.74) is 19.1. The zero-order chi connectivity index (χ0) is 38.6. The maximum atomic E-state index is 2.40. The largest absolute Gasteiger partial charge is 0.310 e. The molecule has 0 saturated carbocycles. The molecule has 0 fully saturated rings. The van der Waals surface area contributed by atoms with E-state index in [1.807, 2.05) is 0 Å². The molecule has 2 aliphatic carbocycles. The Bertz CT molecular complexity index is 3310. The molecule has 0 heterocycles. The molecule has 0 aliphatic heterocycles. The number of nitrogens with zero attached hydrogens (tertiary/aromatic N) is 1. The van der Waals surface area contributed by atoms with Crippen LogP contribution in [0.5, 0.6) is 0 Å². The molecule has 59 heavy (non-hydrogen) atoms. The first kappa shape index (κ1) is 32.4. The van der Waals surface area contributed by atoms with Crippen LogP contribution in [0, 0.1) is 0 Å². The third-order valence-electron chi connectivity index (χ3n) is 12.8. The van der Waals surface area contributed by atoms with Crippen molar-refractivity contribution < 1.29 is 0 Å². The van der Waals surface area contributed by atoms with E-state index < -0.39 is 0 Å². The van der Waals surface area contributed by atoms with Gasteiger partial charge in [-0.25, -0.2) is 0 Å². The van der Waals surface area contributed by atoms with Crippen LogP contribution in [0.15, 0.2) is 212 Å². The molecule has 11 aromatic carbocycles. The van der Waals surface area contributed by atoms with Crippen LogP contribution in [0.25, 0.3) is 110 Å². The predicted octanol–water partition coefficient (Wildman–Crippen LogP) is 16.4. The number of rotatable bonds is 5. The van der Waals surface area contributed by atoms with Crippen molar-refractivity contribution in [3.05, 3.63) is 212 Å². The molecule has 1 nitrogen and oxygen atoms in total. The van der Waals surface area contributed by atoms with Gasteiger partial charge in [-0.05, 0) is 207 Å². The minimum Gasteiger partial charge on any atom is -0.310 e. The molecule has 13 rings (SSSR count). The maximum absolute atomic E-state index is 2.40. The first-order valence-corrected chi connectivity index (χ1v) is 20.5. The quantitative estimate of drug-likeness (QED) is 0.170. The lowest BCUT2D eigenvalue weighted by Crippen LogP contribution is -2.10. The normalized spacial score (nSPS) is 12.1. The smallest absolute Gasteiger partial charge is 0.0468 e. The van der Waals surface area contributed by atoms with E-state index in [0.717, 1.165) is 17.1 Å². The Hall–Kier alpha value is -7.74. The van der Waals surface area contributed by atoms with Gasteiger partial charge in [0.2, 0.25) is 0 Å². The third-order valence-corrected chi connectivity index (χ3v) is 12.8. The standard InChI is InChI=1S/C58H35N/c1-4-10-36(11-5-1)38-16-18-40-28-51-53-30-42-20-22-49(26-46(42)34-57(53)55(51)32-44(40)24-38)59(48-14-8-3-9-15-48)50-23-21-43-31-54-52-29-41-19-17-39(37-12-6-2-7-13-37)25-45(41)33-56(52)58(54)35-47(43)27-50/h1-35H. The first-order valence-electron chi connectivity index (χ1n) is 20.5. The second-order valence-corrected chi connectivity index (χ2v) is 16.2. The Morgan fingerprint density at radius 2 is 0.492 bits per heavy atom. The molecule has 0 atom stereocenters. The summed E-state index contributed by atoms with van der Waals surface area (Å²) in [6, 6.07) is 78.7. The molecule has 0 bridgehead atoms. The van der Waals surface area contributed by atoms with Gasteiger partial charge < -0.3 is 4.90 Å². The van der Waals surface area contributed by atoms with Gasteiger partial charge in [-0.2, -0.15) is 0 Å². The molecule has 0 radical (unpaired) electrons. The van der Waals surface area contributed by atoms with E-state index in [-0.39, 0.29) is 0 Å². The van der Waals surface area contributed by atoms with E-state index >= 15 is 0 Å². The van der Waals surface area contributed by atoms with E-state index in [1.54, 1.807) is 0 Å². The van der Waals surface area contributed by atoms with Gasteiger partial charge in [0.05, 0.1) is 0 Å². The lowest BCUT2D eigenvalue weighted by molar-refractivity contribution is 1.29. The van der Waals surface area contributed by atoms with Crippen LogP contribution < -0.4 is 4.90 Å². The van der Waals surface area contributed by atoms with E-state index in [2.05, 4.69) is 217 Å². The van der Waals surface area contributed by atoms with E-state index in [9.17, 15) is 0 Å². The number of benzene rings is 11. The summed E-state index contributed by atoms with van der Waals surface area (Å²) in [7, 11) is 0. The lowest BCUT2D eigenvalue weighted by atomic mass is 9.77. The molecule has 0 N–H and O–H groups in total. The number of hydrogen-bond donors (Lipinski definition) is 0. The number of fused-ring (bicyclic) bond motifs is 12. The van der Waals surface area contributed by atoms with Crippen molar-refractivity contribution in [3.8, 4) is 66.8 Å². The number of hydrogen-bond acceptors (Lipinski definition) is 1. The van der Waals surface area contributed by atoms with Gasteiger partial charge in [0, 0.05) is 17.1 Å². The fourth-order valence-electron chi connectivity index (χ4n) is 9.75. The topological polar surface area (TPSA) is 3.24 Å². The molecule has 2 aliphatic rings. The van der Waals surface area contributed by atoms with Crippen LogP contribution in [-0.2, 0) is 0 Å². The third kappa shape index (κ3) is 5.05. The molecule has 0 saturated heterocycles. The summed E-state index contributed by atoms with van der Waals surface area (Å²) in [5.74, 6) is 0. The van der Waals surface area contributed by atoms with Crippen LogP contribution in [0.3, 0.4) is 0 Å². The molecule has 1 heteroatoms. The zero-order valence-corrected chi connectivity index (χ0v) is 32.2. The van der Waals surface area contributed by atoms with Gasteiger partial charge in [0.25, 0.3) is 0 Å². The number of anilines is 3. The Balaban J connectivity index is 0.881. The van der Waals surface area contributed by atoms with Crippen LogP contribution in [0.1, 0.15) is 0 Å². The van der Waals surface area contributed by atoms with Crippen molar-refractivity contribution in [1.82, 2.24) is 0 Å². The van der Waals surface area contributed by atoms with Gasteiger partial charge in [-0.3, -0.25) is 0 Å². The summed E-state index contributed by atoms with van der Waals surface area (Å²) >= 11 is 0. The molecule has 0 aromatic heterocycles. The molecule has 272 valence electrons. The van der Waals surface area contributed by atoms with Crippen molar-refractivity contribution >= 4 is 60.2 Å². The van der Waals surface area contributed by atoms with Gasteiger partial charge in [-0.15, -0.1) is 0 Å². The van der Waals surface area contributed by atoms with Crippen LogP contribution >= 0.6 is 0 Å². The molecule has 0 amide bonds. The molecule has 0 unspecified atom stereocenters. The predicted molar refractivity (Wildman–Crippen MR) is 251 cm³/mol. The van der Waals surface area contributed by atoms with E-state index in [0.29, 0.717) is 0 Å². The van der Waals surface area contributed by atoms with E-state index in [1.165, 1.54) is 110 Å². The average molecular weight is 746 g/mol. The van der Waals surface area contributed by atoms with E-state index in [4.69, 9.17) is 0 Å². The second kappa shape index (κ2) is 12.4. The second-order valence-electron chi connectivity index (χ2n) is 16.2. The highest BCUT2D eigenvalue weighted by molar-refractivity contribution is 6.14. The van der Waals surface area contributed by atoms with Crippen molar-refractivity contribution in [3.63, 3.8) is 0 Å². The van der Waals surface area contributed by atoms with Crippen LogP contribution in [0.2, 0.25) is 0 Å². The monoisotopic (exact) mass is 745 g/mol. The lowest BCUT2D eigenvalue weighted by Gasteiger charge is -2.29. The minimum atomic E-state index is 1.14. The highest BCUT2D eigenvalue weighted by atomic mass is 15.1. The summed E-state index contributed by atoms with van der Waals surface area (Å²) in [6.07, 6.45) is 0. The van der Waals surface area contributed by atoms with Gasteiger partial charge >= 0.3 is 0 Å². The summed E-state index contributed by atoms with van der Waals surface area (Å²) in [5, 5.41) is 10.1. The van der Waals surface area contributed by atoms with Crippen LogP contribution in [-0.4, -0.2) is 0 Å². The highest BCUT2D eigenvalue weighted by Crippen LogP contribution is 2.53. The summed E-state index contributed by atoms with van der Waals surface area (Å²) in [4.78, 5) is 2.40. The van der Waals surface area contributed by atoms with Crippen molar-refractivity contribution in [2.24, 2.45) is 0 Å². The molecular formula is C58H35N. The Morgan fingerprint density at radius 1 is 0.186 bits per heavy atom. The van der Waals surface area contributed by atoms with Gasteiger partial charge in [0.1, 0.15) is 0 Å². The molecule has 11 aromatic rings. The average Bonchev–Trinajstić information content (AvgIpc) is 3.30. The summed E-state index contributed by atoms with van der Waals surface area (Å²) in [6.45, 7) is 0. The Labute approximate surface area is 342 Å². The highest BCUT2D eigenvalue weighted by Gasteiger charge is 2.26.